The minimum Gasteiger partial charge on any atom is -0.490 e. The Labute approximate surface area is 309 Å². The highest BCUT2D eigenvalue weighted by atomic mass is 16.5. The largest absolute Gasteiger partial charge is 0.490 e. The molecule has 8 heteroatoms. The van der Waals surface area contributed by atoms with Gasteiger partial charge in [-0.05, 0) is 90.4 Å². The summed E-state index contributed by atoms with van der Waals surface area (Å²) in [5.74, 6) is -0.229. The molecule has 5 aromatic carbocycles. The molecule has 3 aliphatic heterocycles. The van der Waals surface area contributed by atoms with Crippen LogP contribution in [-0.2, 0) is 16.2 Å². The van der Waals surface area contributed by atoms with Gasteiger partial charge < -0.3 is 14.4 Å². The van der Waals surface area contributed by atoms with Crippen molar-refractivity contribution in [3.05, 3.63) is 160 Å². The van der Waals surface area contributed by atoms with Crippen LogP contribution >= 0.6 is 0 Å². The number of aryl methyl sites for hydroxylation is 1. The summed E-state index contributed by atoms with van der Waals surface area (Å²) in [6.45, 7) is 6.52. The molecule has 0 aromatic heterocycles. The zero-order chi connectivity index (χ0) is 36.5. The summed E-state index contributed by atoms with van der Waals surface area (Å²) in [5.41, 5.74) is 8.78. The first-order valence-electron chi connectivity index (χ1n) is 18.3. The van der Waals surface area contributed by atoms with Gasteiger partial charge in [0.25, 0.3) is 11.8 Å². The van der Waals surface area contributed by atoms with E-state index in [4.69, 9.17) is 9.47 Å². The van der Waals surface area contributed by atoms with Crippen LogP contribution in [0.5, 0.6) is 11.5 Å². The number of ether oxygens (including phenoxy) is 2. The molecule has 3 heterocycles. The molecule has 4 amide bonds. The van der Waals surface area contributed by atoms with Gasteiger partial charge in [-0.3, -0.25) is 14.9 Å². The van der Waals surface area contributed by atoms with E-state index in [9.17, 15) is 14.4 Å². The van der Waals surface area contributed by atoms with Crippen molar-refractivity contribution in [3.8, 4) is 11.5 Å². The first kappa shape index (κ1) is 34.0. The minimum absolute atomic E-state index is 0.0824. The fourth-order valence-electron chi connectivity index (χ4n) is 7.87. The van der Waals surface area contributed by atoms with Crippen LogP contribution in [0, 0.1) is 6.92 Å². The summed E-state index contributed by atoms with van der Waals surface area (Å²) in [4.78, 5) is 44.9. The number of rotatable bonds is 9. The molecule has 8 nitrogen and oxygen atoms in total. The standard InChI is InChI=1S/C45H41N3O5/c1-3-52-41-25-31(18-19-40(41)53-28-30-16-14-29(2)15-17-30)24-39-43(49)46-45(51)48(44(39)50)34-26-37-35(32-10-6-4-7-11-32)20-22-47-23-21-36(38(27-34)42(37)47)33-12-8-5-9-13-33/h4-19,24-27,35-36H,3,20-23,28H2,1-2H3,(H,46,49,51)/b39-24+/t35-,36-/m1/s1. The maximum Gasteiger partial charge on any atom is 0.335 e. The number of hydrogen-bond acceptors (Lipinski definition) is 6. The maximum atomic E-state index is 14.4. The summed E-state index contributed by atoms with van der Waals surface area (Å²) in [6, 6.07) is 37.4. The highest BCUT2D eigenvalue weighted by Crippen LogP contribution is 2.50. The molecule has 2 atom stereocenters. The van der Waals surface area contributed by atoms with Crippen molar-refractivity contribution in [3.63, 3.8) is 0 Å². The fourth-order valence-corrected chi connectivity index (χ4v) is 7.87. The topological polar surface area (TPSA) is 88.2 Å². The lowest BCUT2D eigenvalue weighted by Gasteiger charge is -2.44. The van der Waals surface area contributed by atoms with E-state index in [1.165, 1.54) is 28.5 Å². The average Bonchev–Trinajstić information content (AvgIpc) is 3.18. The van der Waals surface area contributed by atoms with Crippen molar-refractivity contribution >= 4 is 35.3 Å². The van der Waals surface area contributed by atoms with Crippen molar-refractivity contribution in [1.29, 1.82) is 0 Å². The third kappa shape index (κ3) is 6.68. The molecule has 0 bridgehead atoms. The Morgan fingerprint density at radius 2 is 1.36 bits per heavy atom. The van der Waals surface area contributed by atoms with Gasteiger partial charge >= 0.3 is 6.03 Å². The molecule has 266 valence electrons. The molecule has 8 rings (SSSR count). The number of amides is 4. The van der Waals surface area contributed by atoms with Crippen molar-refractivity contribution in [2.24, 2.45) is 0 Å². The normalized spacial score (nSPS) is 18.8. The van der Waals surface area contributed by atoms with Crippen LogP contribution in [0.2, 0.25) is 0 Å². The molecule has 0 radical (unpaired) electrons. The van der Waals surface area contributed by atoms with Gasteiger partial charge in [-0.2, -0.15) is 0 Å². The van der Waals surface area contributed by atoms with E-state index in [0.717, 1.165) is 47.5 Å². The summed E-state index contributed by atoms with van der Waals surface area (Å²) >= 11 is 0. The van der Waals surface area contributed by atoms with E-state index in [1.54, 1.807) is 18.2 Å². The van der Waals surface area contributed by atoms with E-state index in [0.29, 0.717) is 36.0 Å². The predicted molar refractivity (Wildman–Crippen MR) is 207 cm³/mol. The Kier molecular flexibility index (Phi) is 9.27. The minimum atomic E-state index is -0.768. The number of imide groups is 2. The summed E-state index contributed by atoms with van der Waals surface area (Å²) < 4.78 is 12.0. The van der Waals surface area contributed by atoms with Gasteiger partial charge in [-0.25, -0.2) is 9.69 Å². The fraction of sp³-hybridized carbons (Fsp3) is 0.222. The van der Waals surface area contributed by atoms with Crippen LogP contribution in [0.3, 0.4) is 0 Å². The molecule has 1 saturated heterocycles. The van der Waals surface area contributed by atoms with E-state index < -0.39 is 17.8 Å². The lowest BCUT2D eigenvalue weighted by atomic mass is 9.76. The maximum absolute atomic E-state index is 14.4. The van der Waals surface area contributed by atoms with Crippen LogP contribution in [0.4, 0.5) is 16.2 Å². The van der Waals surface area contributed by atoms with Gasteiger partial charge in [0, 0.05) is 30.6 Å². The highest BCUT2D eigenvalue weighted by Gasteiger charge is 2.40. The molecule has 5 aromatic rings. The number of barbiturate groups is 1. The number of hydrogen-bond donors (Lipinski definition) is 1. The molecular formula is C45H41N3O5. The van der Waals surface area contributed by atoms with E-state index >= 15 is 0 Å². The summed E-state index contributed by atoms with van der Waals surface area (Å²) in [7, 11) is 0. The van der Waals surface area contributed by atoms with Crippen LogP contribution in [0.1, 0.15) is 70.5 Å². The first-order valence-corrected chi connectivity index (χ1v) is 18.3. The zero-order valence-corrected chi connectivity index (χ0v) is 29.9. The Morgan fingerprint density at radius 1 is 0.736 bits per heavy atom. The molecule has 0 aliphatic carbocycles. The van der Waals surface area contributed by atoms with Gasteiger partial charge in [0.1, 0.15) is 12.2 Å². The molecule has 1 fully saturated rings. The van der Waals surface area contributed by atoms with Crippen molar-refractivity contribution in [2.45, 2.75) is 45.1 Å². The van der Waals surface area contributed by atoms with Gasteiger partial charge in [0.15, 0.2) is 11.5 Å². The second-order valence-electron chi connectivity index (χ2n) is 13.8. The predicted octanol–water partition coefficient (Wildman–Crippen LogP) is 8.52. The Bertz CT molecular complexity index is 2140. The summed E-state index contributed by atoms with van der Waals surface area (Å²) in [6.07, 6.45) is 3.33. The lowest BCUT2D eigenvalue weighted by Crippen LogP contribution is -2.54. The number of carbonyl (C=O) groups excluding carboxylic acids is 3. The average molecular weight is 704 g/mol. The quantitative estimate of drug-likeness (QED) is 0.122. The van der Waals surface area contributed by atoms with Crippen molar-refractivity contribution < 1.29 is 23.9 Å². The number of anilines is 2. The van der Waals surface area contributed by atoms with Gasteiger partial charge in [-0.1, -0.05) is 96.6 Å². The monoisotopic (exact) mass is 703 g/mol. The molecule has 53 heavy (non-hydrogen) atoms. The number of urea groups is 1. The van der Waals surface area contributed by atoms with Crippen LogP contribution in [0.15, 0.2) is 121 Å². The van der Waals surface area contributed by atoms with Crippen LogP contribution in [-0.4, -0.2) is 37.5 Å². The van der Waals surface area contributed by atoms with E-state index in [2.05, 4.69) is 58.7 Å². The third-order valence-electron chi connectivity index (χ3n) is 10.5. The van der Waals surface area contributed by atoms with Gasteiger partial charge in [0.2, 0.25) is 0 Å². The second kappa shape index (κ2) is 14.5. The molecule has 3 aliphatic rings. The van der Waals surface area contributed by atoms with E-state index in [1.807, 2.05) is 62.4 Å². The Balaban J connectivity index is 1.17. The highest BCUT2D eigenvalue weighted by molar-refractivity contribution is 6.39. The zero-order valence-electron chi connectivity index (χ0n) is 29.9. The number of carbonyl (C=O) groups is 3. The SMILES string of the molecule is CCOc1cc(/C=C2\C(=O)NC(=O)N(c3cc4c5c(c3)[C@@H](c3ccccc3)CCN5CC[C@@H]4c3ccccc3)C2=O)ccc1OCc1ccc(C)cc1. The molecule has 0 spiro atoms. The molecule has 0 saturated carbocycles. The Morgan fingerprint density at radius 3 is 1.96 bits per heavy atom. The van der Waals surface area contributed by atoms with Crippen LogP contribution < -0.4 is 24.6 Å². The second-order valence-corrected chi connectivity index (χ2v) is 13.8. The van der Waals surface area contributed by atoms with Crippen LogP contribution in [0.25, 0.3) is 6.08 Å². The number of benzene rings is 5. The van der Waals surface area contributed by atoms with Gasteiger partial charge in [-0.15, -0.1) is 0 Å². The Hall–Kier alpha value is -6.15. The van der Waals surface area contributed by atoms with Crippen molar-refractivity contribution in [1.82, 2.24) is 5.32 Å². The van der Waals surface area contributed by atoms with E-state index in [-0.39, 0.29) is 17.4 Å². The molecule has 1 N–H and O–H groups in total. The first-order chi connectivity index (χ1) is 25.9. The molecular weight excluding hydrogens is 663 g/mol. The summed E-state index contributed by atoms with van der Waals surface area (Å²) in [5, 5.41) is 2.44. The lowest BCUT2D eigenvalue weighted by molar-refractivity contribution is -0.122. The number of nitrogens with zero attached hydrogens (tertiary/aromatic N) is 2. The molecule has 0 unspecified atom stereocenters. The third-order valence-corrected chi connectivity index (χ3v) is 10.5. The van der Waals surface area contributed by atoms with Gasteiger partial charge in [0.05, 0.1) is 12.3 Å². The smallest absolute Gasteiger partial charge is 0.335 e. The van der Waals surface area contributed by atoms with Crippen molar-refractivity contribution in [2.75, 3.05) is 29.5 Å². The number of nitrogens with one attached hydrogen (secondary N) is 1.